The van der Waals surface area contributed by atoms with E-state index in [1.165, 1.54) is 19.2 Å². The second-order valence-electron chi connectivity index (χ2n) is 5.39. The summed E-state index contributed by atoms with van der Waals surface area (Å²) in [5.41, 5.74) is 1.75. The van der Waals surface area contributed by atoms with Crippen LogP contribution in [-0.2, 0) is 11.3 Å². The molecule has 1 heterocycles. The van der Waals surface area contributed by atoms with Crippen LogP contribution >= 0.6 is 0 Å². The molecule has 23 heavy (non-hydrogen) atoms. The number of para-hydroxylation sites is 1. The molecular formula is C18H16FNO3. The number of nitrogens with zero attached hydrogens (tertiary/aromatic N) is 1. The van der Waals surface area contributed by atoms with E-state index >= 15 is 0 Å². The Kier molecular flexibility index (Phi) is 4.10. The quantitative estimate of drug-likeness (QED) is 0.873. The molecule has 2 aromatic carbocycles. The normalized spacial score (nSPS) is 14.4. The van der Waals surface area contributed by atoms with Crippen LogP contribution in [0.25, 0.3) is 0 Å². The number of benzene rings is 2. The number of rotatable bonds is 3. The second-order valence-corrected chi connectivity index (χ2v) is 5.39. The van der Waals surface area contributed by atoms with Gasteiger partial charge in [-0.25, -0.2) is 4.39 Å². The highest BCUT2D eigenvalue weighted by Crippen LogP contribution is 2.29. The van der Waals surface area contributed by atoms with Gasteiger partial charge in [0.05, 0.1) is 19.3 Å². The molecule has 1 amide bonds. The first kappa shape index (κ1) is 15.2. The van der Waals surface area contributed by atoms with Gasteiger partial charge in [-0.1, -0.05) is 18.2 Å². The van der Waals surface area contributed by atoms with Crippen LogP contribution in [0.5, 0.6) is 5.75 Å². The first-order valence-corrected chi connectivity index (χ1v) is 7.35. The van der Waals surface area contributed by atoms with Gasteiger partial charge in [-0.05, 0) is 29.8 Å². The van der Waals surface area contributed by atoms with Crippen LogP contribution in [0.3, 0.4) is 0 Å². The average Bonchev–Trinajstić information content (AvgIpc) is 2.68. The number of carbonyl (C=O) groups excluding carboxylic acids is 2. The van der Waals surface area contributed by atoms with Crippen molar-refractivity contribution in [1.29, 1.82) is 0 Å². The molecule has 3 rings (SSSR count). The molecule has 118 valence electrons. The fourth-order valence-corrected chi connectivity index (χ4v) is 2.73. The van der Waals surface area contributed by atoms with Crippen molar-refractivity contribution < 1.29 is 18.7 Å². The summed E-state index contributed by atoms with van der Waals surface area (Å²) >= 11 is 0. The highest BCUT2D eigenvalue weighted by Gasteiger charge is 2.26. The lowest BCUT2D eigenvalue weighted by Gasteiger charge is -2.23. The molecule has 5 heteroatoms. The maximum atomic E-state index is 13.9. The molecule has 2 aromatic rings. The standard InChI is InChI=1S/C18H16FNO3/c1-23-17-8-6-12(10-14(17)19)11-20-15-5-3-2-4-13(15)16(21)7-9-18(20)22/h2-6,8,10H,7,9,11H2,1H3. The Hall–Kier alpha value is -2.69. The number of carbonyl (C=O) groups is 2. The minimum absolute atomic E-state index is 0.0441. The zero-order valence-corrected chi connectivity index (χ0v) is 12.7. The van der Waals surface area contributed by atoms with Gasteiger partial charge >= 0.3 is 0 Å². The summed E-state index contributed by atoms with van der Waals surface area (Å²) in [7, 11) is 1.40. The van der Waals surface area contributed by atoms with Crippen LogP contribution in [-0.4, -0.2) is 18.8 Å². The van der Waals surface area contributed by atoms with Crippen molar-refractivity contribution in [1.82, 2.24) is 0 Å². The Balaban J connectivity index is 1.97. The van der Waals surface area contributed by atoms with E-state index in [1.54, 1.807) is 35.2 Å². The number of hydrogen-bond donors (Lipinski definition) is 0. The topological polar surface area (TPSA) is 46.6 Å². The van der Waals surface area contributed by atoms with E-state index in [4.69, 9.17) is 4.74 Å². The third-order valence-corrected chi connectivity index (χ3v) is 3.92. The highest BCUT2D eigenvalue weighted by atomic mass is 19.1. The molecule has 0 aliphatic carbocycles. The van der Waals surface area contributed by atoms with E-state index in [0.717, 1.165) is 0 Å². The van der Waals surface area contributed by atoms with Gasteiger partial charge < -0.3 is 9.64 Å². The van der Waals surface area contributed by atoms with E-state index in [2.05, 4.69) is 0 Å². The first-order chi connectivity index (χ1) is 11.1. The van der Waals surface area contributed by atoms with Crippen molar-refractivity contribution in [2.45, 2.75) is 19.4 Å². The van der Waals surface area contributed by atoms with Crippen LogP contribution in [0, 0.1) is 5.82 Å². The molecule has 0 bridgehead atoms. The highest BCUT2D eigenvalue weighted by molar-refractivity contribution is 6.09. The third kappa shape index (κ3) is 2.95. The van der Waals surface area contributed by atoms with Crippen LogP contribution in [0.1, 0.15) is 28.8 Å². The third-order valence-electron chi connectivity index (χ3n) is 3.92. The fourth-order valence-electron chi connectivity index (χ4n) is 2.73. The molecule has 0 aromatic heterocycles. The molecule has 1 aliphatic rings. The molecule has 0 unspecified atom stereocenters. The molecule has 0 spiro atoms. The number of amides is 1. The van der Waals surface area contributed by atoms with Gasteiger partial charge in [0.1, 0.15) is 0 Å². The van der Waals surface area contributed by atoms with Gasteiger partial charge in [-0.15, -0.1) is 0 Å². The maximum absolute atomic E-state index is 13.9. The number of methoxy groups -OCH3 is 1. The minimum Gasteiger partial charge on any atom is -0.494 e. The maximum Gasteiger partial charge on any atom is 0.227 e. The van der Waals surface area contributed by atoms with Crippen molar-refractivity contribution >= 4 is 17.4 Å². The molecule has 4 nitrogen and oxygen atoms in total. The van der Waals surface area contributed by atoms with Crippen molar-refractivity contribution in [3.05, 3.63) is 59.4 Å². The molecule has 0 N–H and O–H groups in total. The lowest BCUT2D eigenvalue weighted by molar-refractivity contribution is -0.118. The lowest BCUT2D eigenvalue weighted by Crippen LogP contribution is -2.29. The van der Waals surface area contributed by atoms with E-state index in [0.29, 0.717) is 16.8 Å². The van der Waals surface area contributed by atoms with Gasteiger partial charge in [0, 0.05) is 18.4 Å². The van der Waals surface area contributed by atoms with E-state index in [1.807, 2.05) is 0 Å². The van der Waals surface area contributed by atoms with Crippen molar-refractivity contribution in [2.24, 2.45) is 0 Å². The zero-order valence-electron chi connectivity index (χ0n) is 12.7. The predicted octanol–water partition coefficient (Wildman–Crippen LogP) is 3.34. The Bertz CT molecular complexity index is 773. The number of Topliss-reactive ketones (excluding diaryl/α,β-unsaturated/α-hetero) is 1. The smallest absolute Gasteiger partial charge is 0.227 e. The zero-order chi connectivity index (χ0) is 16.4. The van der Waals surface area contributed by atoms with E-state index < -0.39 is 5.82 Å². The Morgan fingerprint density at radius 3 is 2.65 bits per heavy atom. The molecule has 0 atom stereocenters. The Labute approximate surface area is 133 Å². The van der Waals surface area contributed by atoms with E-state index in [-0.39, 0.29) is 36.8 Å². The van der Waals surface area contributed by atoms with Gasteiger partial charge in [0.25, 0.3) is 0 Å². The van der Waals surface area contributed by atoms with Crippen LogP contribution in [0.4, 0.5) is 10.1 Å². The monoisotopic (exact) mass is 313 g/mol. The van der Waals surface area contributed by atoms with Crippen molar-refractivity contribution in [2.75, 3.05) is 12.0 Å². The lowest BCUT2D eigenvalue weighted by atomic mass is 10.1. The Morgan fingerprint density at radius 1 is 1.13 bits per heavy atom. The van der Waals surface area contributed by atoms with Crippen molar-refractivity contribution in [3.63, 3.8) is 0 Å². The van der Waals surface area contributed by atoms with Crippen LogP contribution in [0.15, 0.2) is 42.5 Å². The SMILES string of the molecule is COc1ccc(CN2C(=O)CCC(=O)c3ccccc32)cc1F. The summed E-state index contributed by atoms with van der Waals surface area (Å²) in [6.45, 7) is 0.212. The van der Waals surface area contributed by atoms with E-state index in [9.17, 15) is 14.0 Å². The number of hydrogen-bond acceptors (Lipinski definition) is 3. The molecule has 0 saturated heterocycles. The van der Waals surface area contributed by atoms with Gasteiger partial charge in [-0.2, -0.15) is 0 Å². The van der Waals surface area contributed by atoms with Gasteiger partial charge in [0.2, 0.25) is 5.91 Å². The molecule has 1 aliphatic heterocycles. The fraction of sp³-hybridized carbons (Fsp3) is 0.222. The number of ether oxygens (including phenoxy) is 1. The number of anilines is 1. The Morgan fingerprint density at radius 2 is 1.91 bits per heavy atom. The predicted molar refractivity (Wildman–Crippen MR) is 84.1 cm³/mol. The number of ketones is 1. The summed E-state index contributed by atoms with van der Waals surface area (Å²) in [5, 5.41) is 0. The molecule has 0 fully saturated rings. The summed E-state index contributed by atoms with van der Waals surface area (Å²) in [4.78, 5) is 26.1. The number of fused-ring (bicyclic) bond motifs is 1. The summed E-state index contributed by atoms with van der Waals surface area (Å²) in [5.74, 6) is -0.500. The first-order valence-electron chi connectivity index (χ1n) is 7.35. The van der Waals surface area contributed by atoms with Crippen molar-refractivity contribution in [3.8, 4) is 5.75 Å². The average molecular weight is 313 g/mol. The summed E-state index contributed by atoms with van der Waals surface area (Å²) in [6.07, 6.45) is 0.357. The summed E-state index contributed by atoms with van der Waals surface area (Å²) in [6, 6.07) is 11.6. The minimum atomic E-state index is -0.475. The number of halogens is 1. The van der Waals surface area contributed by atoms with Gasteiger partial charge in [0.15, 0.2) is 17.3 Å². The molecule has 0 saturated carbocycles. The summed E-state index contributed by atoms with van der Waals surface area (Å²) < 4.78 is 18.8. The van der Waals surface area contributed by atoms with Gasteiger partial charge in [-0.3, -0.25) is 9.59 Å². The largest absolute Gasteiger partial charge is 0.494 e. The molecular weight excluding hydrogens is 297 g/mol. The molecule has 0 radical (unpaired) electrons. The van der Waals surface area contributed by atoms with Crippen LogP contribution in [0.2, 0.25) is 0 Å². The second kappa shape index (κ2) is 6.20. The van der Waals surface area contributed by atoms with Crippen LogP contribution < -0.4 is 9.64 Å².